The summed E-state index contributed by atoms with van der Waals surface area (Å²) in [5.74, 6) is -6.72. The molecule has 1 saturated carbocycles. The van der Waals surface area contributed by atoms with Crippen molar-refractivity contribution in [2.75, 3.05) is 20.2 Å². The molecule has 354 valence electrons. The summed E-state index contributed by atoms with van der Waals surface area (Å²) >= 11 is 0. The number of amides is 2. The molecule has 0 aromatic heterocycles. The second kappa shape index (κ2) is 18.6. The summed E-state index contributed by atoms with van der Waals surface area (Å²) in [7, 11) is -1.01. The Balaban J connectivity index is 1.33. The van der Waals surface area contributed by atoms with Gasteiger partial charge in [-0.15, -0.1) is 0 Å². The second-order valence-corrected chi connectivity index (χ2v) is 23.9. The number of esters is 2. The van der Waals surface area contributed by atoms with Crippen molar-refractivity contribution in [1.29, 1.82) is 0 Å². The minimum absolute atomic E-state index is 0.122. The van der Waals surface area contributed by atoms with Crippen molar-refractivity contribution < 1.29 is 57.6 Å². The molecule has 1 unspecified atom stereocenters. The molecule has 3 saturated heterocycles. The van der Waals surface area contributed by atoms with E-state index < -0.39 is 103 Å². The van der Waals surface area contributed by atoms with Gasteiger partial charge < -0.3 is 43.8 Å². The summed E-state index contributed by atoms with van der Waals surface area (Å²) in [4.78, 5) is 72.6. The van der Waals surface area contributed by atoms with Crippen LogP contribution in [0, 0.1) is 16.7 Å². The first-order chi connectivity index (χ1) is 31.2. The quantitative estimate of drug-likeness (QED) is 0.0875. The van der Waals surface area contributed by atoms with E-state index in [4.69, 9.17) is 23.4 Å². The van der Waals surface area contributed by atoms with E-state index >= 15 is 4.79 Å². The summed E-state index contributed by atoms with van der Waals surface area (Å²) in [6, 6.07) is 26.6. The fourth-order valence-electron chi connectivity index (χ4n) is 11.2. The van der Waals surface area contributed by atoms with Gasteiger partial charge in [-0.25, -0.2) is 4.79 Å². The van der Waals surface area contributed by atoms with E-state index in [0.29, 0.717) is 22.3 Å². The van der Waals surface area contributed by atoms with E-state index in [-0.39, 0.29) is 25.1 Å². The van der Waals surface area contributed by atoms with Gasteiger partial charge in [-0.1, -0.05) is 107 Å². The first kappa shape index (κ1) is 48.9. The van der Waals surface area contributed by atoms with Gasteiger partial charge >= 0.3 is 11.9 Å². The molecule has 3 heterocycles. The number of ether oxygens (including phenoxy) is 4. The van der Waals surface area contributed by atoms with Crippen molar-refractivity contribution in [2.45, 2.75) is 128 Å². The van der Waals surface area contributed by atoms with Crippen LogP contribution in [0.15, 0.2) is 102 Å². The number of aliphatic hydroxyl groups is 2. The Labute approximate surface area is 388 Å². The number of aliphatic hydroxyl groups excluding tert-OH is 1. The van der Waals surface area contributed by atoms with E-state index in [1.165, 1.54) is 18.9 Å². The number of rotatable bonds is 15. The topological polar surface area (TPSA) is 187 Å². The van der Waals surface area contributed by atoms with Gasteiger partial charge in [-0.3, -0.25) is 19.2 Å². The van der Waals surface area contributed by atoms with E-state index in [2.05, 4.69) is 26.1 Å². The predicted octanol–water partition coefficient (Wildman–Crippen LogP) is 6.33. The molecular formula is C51H64N2O12Si. The van der Waals surface area contributed by atoms with Crippen LogP contribution in [0.2, 0.25) is 18.1 Å². The Bertz CT molecular complexity index is 2330. The fraction of sp³-hybridized carbons (Fsp3) is 0.510. The molecule has 4 aliphatic rings. The zero-order valence-corrected chi connectivity index (χ0v) is 40.4. The smallest absolute Gasteiger partial charge is 0.338 e. The maximum absolute atomic E-state index is 16.0. The molecule has 4 fully saturated rings. The summed E-state index contributed by atoms with van der Waals surface area (Å²) in [6.45, 7) is 14.1. The molecule has 3 aromatic rings. The molecule has 14 nitrogen and oxygen atoms in total. The van der Waals surface area contributed by atoms with Crippen LogP contribution in [0.25, 0.3) is 0 Å². The fourth-order valence-corrected chi connectivity index (χ4v) is 14.2. The second-order valence-electron chi connectivity index (χ2n) is 19.1. The first-order valence-corrected chi connectivity index (χ1v) is 25.5. The van der Waals surface area contributed by atoms with Crippen LogP contribution in [0.5, 0.6) is 0 Å². The Morgan fingerprint density at radius 1 is 0.879 bits per heavy atom. The molecule has 3 aromatic carbocycles. The summed E-state index contributed by atoms with van der Waals surface area (Å²) in [6.07, 6.45) is -6.21. The van der Waals surface area contributed by atoms with Gasteiger partial charge in [0.15, 0.2) is 31.9 Å². The van der Waals surface area contributed by atoms with Crippen molar-refractivity contribution in [1.82, 2.24) is 10.2 Å². The molecule has 10 atom stereocenters. The molecule has 3 N–H and O–H groups in total. The van der Waals surface area contributed by atoms with Gasteiger partial charge in [0.1, 0.15) is 12.2 Å². The third-order valence-electron chi connectivity index (χ3n) is 15.2. The van der Waals surface area contributed by atoms with E-state index in [9.17, 15) is 29.4 Å². The minimum Gasteiger partial charge on any atom is -0.453 e. The molecule has 66 heavy (non-hydrogen) atoms. The predicted molar refractivity (Wildman–Crippen MR) is 246 cm³/mol. The summed E-state index contributed by atoms with van der Waals surface area (Å²) in [5.41, 5.74) is -2.75. The Morgan fingerprint density at radius 3 is 1.97 bits per heavy atom. The highest BCUT2D eigenvalue weighted by atomic mass is 28.4. The van der Waals surface area contributed by atoms with Gasteiger partial charge in [-0.05, 0) is 67.4 Å². The van der Waals surface area contributed by atoms with Gasteiger partial charge in [0.2, 0.25) is 5.79 Å². The highest BCUT2D eigenvalue weighted by Gasteiger charge is 2.81. The molecule has 0 spiro atoms. The Morgan fingerprint density at radius 2 is 1.44 bits per heavy atom. The van der Waals surface area contributed by atoms with E-state index in [0.717, 1.165) is 18.1 Å². The lowest BCUT2D eigenvalue weighted by molar-refractivity contribution is -0.355. The number of nitrogens with zero attached hydrogens (tertiary/aromatic N) is 1. The molecule has 7 rings (SSSR count). The number of hydrogen-bond acceptors (Lipinski definition) is 12. The molecular weight excluding hydrogens is 861 g/mol. The molecule has 3 aliphatic heterocycles. The average molecular weight is 925 g/mol. The third kappa shape index (κ3) is 8.15. The van der Waals surface area contributed by atoms with Gasteiger partial charge in [0, 0.05) is 37.9 Å². The maximum atomic E-state index is 16.0. The van der Waals surface area contributed by atoms with Crippen molar-refractivity contribution in [3.63, 3.8) is 0 Å². The van der Waals surface area contributed by atoms with E-state index in [1.54, 1.807) is 119 Å². The highest BCUT2D eigenvalue weighted by Crippen LogP contribution is 2.66. The largest absolute Gasteiger partial charge is 0.453 e. The lowest BCUT2D eigenvalue weighted by Crippen LogP contribution is -2.80. The van der Waals surface area contributed by atoms with Crippen LogP contribution in [-0.4, -0.2) is 115 Å². The van der Waals surface area contributed by atoms with Crippen molar-refractivity contribution >= 4 is 37.9 Å². The SMILES string of the molecule is CC[Si](CC)(CC)O[C@H]1C[C@H]2OC[C@@]2(OC(C)=O)C2[C@H](OC(=O)c3ccccc3)[C@@]3(O)O[C@@H](C(=O)[C@@]21C)/C(=C(\C)CN(C)C(=O)[C@H](O)[C@@H](NC(=O)c1ccccc1)c1ccccc1)C3(C)C. The average Bonchev–Trinajstić information content (AvgIpc) is 3.49. The number of carbonyl (C=O) groups is 5. The number of ketones is 1. The lowest BCUT2D eigenvalue weighted by atomic mass is 9.49. The normalized spacial score (nSPS) is 30.3. The zero-order valence-electron chi connectivity index (χ0n) is 39.4. The number of benzene rings is 3. The minimum atomic E-state index is -2.51. The van der Waals surface area contributed by atoms with Gasteiger partial charge in [0.25, 0.3) is 11.8 Å². The number of hydrogen-bond donors (Lipinski definition) is 3. The third-order valence-corrected chi connectivity index (χ3v) is 19.8. The van der Waals surface area contributed by atoms with Gasteiger partial charge in [0.05, 0.1) is 35.6 Å². The summed E-state index contributed by atoms with van der Waals surface area (Å²) in [5, 5.41) is 28.1. The molecule has 15 heteroatoms. The van der Waals surface area contributed by atoms with Gasteiger partial charge in [-0.2, -0.15) is 0 Å². The van der Waals surface area contributed by atoms with Crippen LogP contribution < -0.4 is 5.32 Å². The van der Waals surface area contributed by atoms with Crippen LogP contribution in [0.4, 0.5) is 0 Å². The van der Waals surface area contributed by atoms with Crippen LogP contribution in [-0.2, 0) is 37.8 Å². The monoisotopic (exact) mass is 924 g/mol. The van der Waals surface area contributed by atoms with Crippen molar-refractivity contribution in [3.05, 3.63) is 119 Å². The van der Waals surface area contributed by atoms with Crippen LogP contribution in [0.3, 0.4) is 0 Å². The summed E-state index contributed by atoms with van der Waals surface area (Å²) < 4.78 is 33.0. The molecule has 0 radical (unpaired) electrons. The first-order valence-electron chi connectivity index (χ1n) is 23.0. The molecule has 2 amide bonds. The van der Waals surface area contributed by atoms with Crippen LogP contribution >= 0.6 is 0 Å². The number of nitrogens with one attached hydrogen (secondary N) is 1. The zero-order chi connectivity index (χ0) is 48.0. The molecule has 1 aliphatic carbocycles. The Hall–Kier alpha value is -5.03. The molecule has 2 bridgehead atoms. The van der Waals surface area contributed by atoms with Crippen molar-refractivity contribution in [2.24, 2.45) is 16.7 Å². The number of Topliss-reactive ketones (excluding diaryl/α,β-unsaturated/α-hetero) is 1. The standard InChI is InChI=1S/C51H64N2O12Si/c1-10-66(11-2,12-3)65-36-28-37-50(30-61-37,63-32(5)54)42-44(62-47(59)35-26-20-15-21-27-35)51(60)48(6,7)38(41(64-51)43(56)49(36,42)8)31(4)29-53(9)46(58)40(55)39(33-22-16-13-17-23-33)52-45(57)34-24-18-14-19-25-34/h13-27,36-37,39-42,44,55,60H,10-12,28-30H2,1-9H3,(H,52,57)/b38-31-/t36-,37+,39-,40+,41+,42?,44-,49+,50-,51+/m0/s1. The maximum Gasteiger partial charge on any atom is 0.338 e. The van der Waals surface area contributed by atoms with Crippen molar-refractivity contribution in [3.8, 4) is 0 Å². The number of likely N-dealkylation sites (N-methyl/N-ethyl adjacent to an activating group) is 1. The number of fused-ring (bicyclic) bond motifs is 5. The van der Waals surface area contributed by atoms with Crippen LogP contribution in [0.1, 0.15) is 94.1 Å². The number of carbonyl (C=O) groups excluding carboxylic acids is 5. The Kier molecular flexibility index (Phi) is 13.8. The lowest BCUT2D eigenvalue weighted by Gasteiger charge is -2.65. The highest BCUT2D eigenvalue weighted by molar-refractivity contribution is 6.73. The van der Waals surface area contributed by atoms with E-state index in [1.807, 2.05) is 0 Å².